The van der Waals surface area contributed by atoms with E-state index in [2.05, 4.69) is 17.1 Å². The SMILES string of the molecule is CC[C@@H]1CN2CC[C@]3(Nc4cccc(OC)c4C3=O)[C@@H]2C[C@@H]1/C(=C\OC)C(=O)O. The van der Waals surface area contributed by atoms with E-state index in [-0.39, 0.29) is 23.7 Å². The second-order valence-corrected chi connectivity index (χ2v) is 8.19. The summed E-state index contributed by atoms with van der Waals surface area (Å²) >= 11 is 0. The van der Waals surface area contributed by atoms with Crippen molar-refractivity contribution >= 4 is 17.4 Å². The van der Waals surface area contributed by atoms with Crippen LogP contribution in [0.3, 0.4) is 0 Å². The highest BCUT2D eigenvalue weighted by atomic mass is 16.5. The van der Waals surface area contributed by atoms with E-state index < -0.39 is 11.5 Å². The van der Waals surface area contributed by atoms with Crippen LogP contribution in [-0.4, -0.2) is 60.6 Å². The Kier molecular flexibility index (Phi) is 5.02. The van der Waals surface area contributed by atoms with Gasteiger partial charge in [0, 0.05) is 24.8 Å². The smallest absolute Gasteiger partial charge is 0.334 e. The highest BCUT2D eigenvalue weighted by Crippen LogP contribution is 2.50. The predicted molar refractivity (Wildman–Crippen MR) is 108 cm³/mol. The summed E-state index contributed by atoms with van der Waals surface area (Å²) in [5, 5.41) is 13.3. The molecule has 2 fully saturated rings. The number of rotatable bonds is 5. The standard InChI is InChI=1S/C22H28N2O5/c1-4-13-11-24-9-8-22(18(24)10-14(13)15(12-28-2)21(26)27)20(25)19-16(23-22)6-5-7-17(19)29-3/h5-7,12-14,18,23H,4,8-11H2,1-3H3,(H,26,27)/b15-12+/t13-,14+,18+,22+/m1/s1. The van der Waals surface area contributed by atoms with E-state index in [1.165, 1.54) is 13.4 Å². The molecule has 156 valence electrons. The minimum Gasteiger partial charge on any atom is -0.504 e. The number of ether oxygens (including phenoxy) is 2. The molecule has 0 aromatic heterocycles. The number of Topliss-reactive ketones (excluding diaryl/α,β-unsaturated/α-hetero) is 1. The Morgan fingerprint density at radius 2 is 2.21 bits per heavy atom. The van der Waals surface area contributed by atoms with Gasteiger partial charge in [0.15, 0.2) is 5.78 Å². The van der Waals surface area contributed by atoms with Gasteiger partial charge in [0.05, 0.1) is 31.6 Å². The number of aliphatic carboxylic acids is 1. The number of nitrogens with zero attached hydrogens (tertiary/aromatic N) is 1. The second kappa shape index (κ2) is 7.37. The van der Waals surface area contributed by atoms with E-state index in [0.29, 0.717) is 29.7 Å². The van der Waals surface area contributed by atoms with Crippen LogP contribution >= 0.6 is 0 Å². The molecule has 0 bridgehead atoms. The molecular formula is C22H28N2O5. The van der Waals surface area contributed by atoms with E-state index in [4.69, 9.17) is 9.47 Å². The number of carboxylic acids is 1. The van der Waals surface area contributed by atoms with Gasteiger partial charge in [-0.1, -0.05) is 19.4 Å². The Balaban J connectivity index is 1.71. The molecule has 1 aromatic carbocycles. The van der Waals surface area contributed by atoms with Crippen molar-refractivity contribution in [3.8, 4) is 5.75 Å². The van der Waals surface area contributed by atoms with E-state index in [1.54, 1.807) is 7.11 Å². The van der Waals surface area contributed by atoms with E-state index in [9.17, 15) is 14.7 Å². The van der Waals surface area contributed by atoms with Gasteiger partial charge in [0.2, 0.25) is 0 Å². The molecule has 0 unspecified atom stereocenters. The molecule has 2 N–H and O–H groups in total. The molecule has 29 heavy (non-hydrogen) atoms. The third kappa shape index (κ3) is 2.90. The largest absolute Gasteiger partial charge is 0.504 e. The molecule has 7 nitrogen and oxygen atoms in total. The monoisotopic (exact) mass is 400 g/mol. The lowest BCUT2D eigenvalue weighted by Crippen LogP contribution is -2.57. The third-order valence-electron chi connectivity index (χ3n) is 6.97. The van der Waals surface area contributed by atoms with Crippen molar-refractivity contribution in [3.63, 3.8) is 0 Å². The Hall–Kier alpha value is -2.54. The fourth-order valence-electron chi connectivity index (χ4n) is 5.57. The summed E-state index contributed by atoms with van der Waals surface area (Å²) in [4.78, 5) is 27.9. The molecule has 1 aromatic rings. The van der Waals surface area contributed by atoms with Crippen LogP contribution in [0, 0.1) is 11.8 Å². The Morgan fingerprint density at radius 1 is 1.41 bits per heavy atom. The summed E-state index contributed by atoms with van der Waals surface area (Å²) in [7, 11) is 3.05. The van der Waals surface area contributed by atoms with Gasteiger partial charge < -0.3 is 19.9 Å². The number of methoxy groups -OCH3 is 2. The van der Waals surface area contributed by atoms with Gasteiger partial charge in [-0.25, -0.2) is 4.79 Å². The average Bonchev–Trinajstić information content (AvgIpc) is 3.22. The highest BCUT2D eigenvalue weighted by molar-refractivity contribution is 6.16. The molecule has 0 amide bonds. The number of fused-ring (bicyclic) bond motifs is 3. The molecule has 0 saturated carbocycles. The lowest BCUT2D eigenvalue weighted by Gasteiger charge is -2.45. The summed E-state index contributed by atoms with van der Waals surface area (Å²) in [6, 6.07) is 5.53. The fraction of sp³-hybridized carbons (Fsp3) is 0.545. The Bertz CT molecular complexity index is 867. The molecule has 7 heteroatoms. The highest BCUT2D eigenvalue weighted by Gasteiger charge is 2.59. The van der Waals surface area contributed by atoms with Gasteiger partial charge in [-0.15, -0.1) is 0 Å². The number of hydrogen-bond acceptors (Lipinski definition) is 6. The van der Waals surface area contributed by atoms with E-state index >= 15 is 0 Å². The van der Waals surface area contributed by atoms with Crippen molar-refractivity contribution in [2.75, 3.05) is 32.6 Å². The first kappa shape index (κ1) is 19.8. The first-order valence-corrected chi connectivity index (χ1v) is 10.2. The number of hydrogen-bond donors (Lipinski definition) is 2. The maximum absolute atomic E-state index is 13.6. The van der Waals surface area contributed by atoms with E-state index in [0.717, 1.165) is 25.2 Å². The van der Waals surface area contributed by atoms with Gasteiger partial charge in [-0.3, -0.25) is 9.69 Å². The zero-order valence-electron chi connectivity index (χ0n) is 17.1. The van der Waals surface area contributed by atoms with Crippen LogP contribution in [0.1, 0.15) is 36.5 Å². The number of piperidine rings is 1. The molecule has 4 rings (SSSR count). The van der Waals surface area contributed by atoms with Crippen molar-refractivity contribution < 1.29 is 24.2 Å². The molecule has 0 aliphatic carbocycles. The first-order chi connectivity index (χ1) is 14.0. The van der Waals surface area contributed by atoms with Crippen molar-refractivity contribution in [1.29, 1.82) is 0 Å². The predicted octanol–water partition coefficient (Wildman–Crippen LogP) is 2.78. The number of carbonyl (C=O) groups excluding carboxylic acids is 1. The van der Waals surface area contributed by atoms with Gasteiger partial charge in [-0.05, 0) is 36.8 Å². The van der Waals surface area contributed by atoms with Crippen LogP contribution in [-0.2, 0) is 9.53 Å². The van der Waals surface area contributed by atoms with Gasteiger partial charge in [0.25, 0.3) is 0 Å². The van der Waals surface area contributed by atoms with Crippen LogP contribution in [0.5, 0.6) is 5.75 Å². The number of nitrogens with one attached hydrogen (secondary N) is 1. The number of carboxylic acid groups (broad SMARTS) is 1. The third-order valence-corrected chi connectivity index (χ3v) is 6.97. The first-order valence-electron chi connectivity index (χ1n) is 10.2. The molecule has 3 heterocycles. The van der Waals surface area contributed by atoms with Crippen LogP contribution < -0.4 is 10.1 Å². The zero-order valence-corrected chi connectivity index (χ0v) is 17.1. The molecular weight excluding hydrogens is 372 g/mol. The van der Waals surface area contributed by atoms with E-state index in [1.807, 2.05) is 18.2 Å². The van der Waals surface area contributed by atoms with Crippen molar-refractivity contribution in [1.82, 2.24) is 4.90 Å². The quantitative estimate of drug-likeness (QED) is 0.580. The molecule has 4 atom stereocenters. The molecule has 3 aliphatic heterocycles. The van der Waals surface area contributed by atoms with Crippen molar-refractivity contribution in [3.05, 3.63) is 35.6 Å². The van der Waals surface area contributed by atoms with Crippen LogP contribution in [0.15, 0.2) is 30.0 Å². The van der Waals surface area contributed by atoms with Crippen molar-refractivity contribution in [2.24, 2.45) is 11.8 Å². The fourth-order valence-corrected chi connectivity index (χ4v) is 5.57. The van der Waals surface area contributed by atoms with Gasteiger partial charge in [0.1, 0.15) is 11.3 Å². The van der Waals surface area contributed by atoms with Crippen LogP contribution in [0.2, 0.25) is 0 Å². The topological polar surface area (TPSA) is 88.1 Å². The maximum atomic E-state index is 13.6. The minimum absolute atomic E-state index is 0.0544. The number of benzene rings is 1. The van der Waals surface area contributed by atoms with Gasteiger partial charge >= 0.3 is 5.97 Å². The zero-order chi connectivity index (χ0) is 20.8. The summed E-state index contributed by atoms with van der Waals surface area (Å²) in [5.41, 5.74) is 0.972. The Morgan fingerprint density at radius 3 is 2.86 bits per heavy atom. The normalized spacial score (nSPS) is 31.3. The summed E-state index contributed by atoms with van der Waals surface area (Å²) in [6.07, 6.45) is 3.54. The van der Waals surface area contributed by atoms with Crippen molar-refractivity contribution in [2.45, 2.75) is 37.8 Å². The summed E-state index contributed by atoms with van der Waals surface area (Å²) in [5.74, 6) is -0.258. The lowest BCUT2D eigenvalue weighted by molar-refractivity contribution is -0.134. The lowest BCUT2D eigenvalue weighted by atomic mass is 9.72. The molecule has 0 radical (unpaired) electrons. The maximum Gasteiger partial charge on any atom is 0.334 e. The summed E-state index contributed by atoms with van der Waals surface area (Å²) < 4.78 is 10.5. The second-order valence-electron chi connectivity index (χ2n) is 8.19. The number of carbonyl (C=O) groups is 2. The van der Waals surface area contributed by atoms with Crippen LogP contribution in [0.4, 0.5) is 5.69 Å². The average molecular weight is 400 g/mol. The Labute approximate surface area is 170 Å². The molecule has 2 saturated heterocycles. The molecule has 3 aliphatic rings. The van der Waals surface area contributed by atoms with Gasteiger partial charge in [-0.2, -0.15) is 0 Å². The van der Waals surface area contributed by atoms with Crippen LogP contribution in [0.25, 0.3) is 0 Å². The summed E-state index contributed by atoms with van der Waals surface area (Å²) in [6.45, 7) is 3.69. The number of ketones is 1. The minimum atomic E-state index is -0.952. The number of anilines is 1. The molecule has 1 spiro atoms.